The summed E-state index contributed by atoms with van der Waals surface area (Å²) in [5, 5.41) is 0. The number of aromatic nitrogens is 2. The minimum absolute atomic E-state index is 0.00273. The van der Waals surface area contributed by atoms with Crippen LogP contribution in [-0.2, 0) is 14.8 Å². The van der Waals surface area contributed by atoms with Gasteiger partial charge in [-0.05, 0) is 50.2 Å². The quantitative estimate of drug-likeness (QED) is 0.616. The van der Waals surface area contributed by atoms with E-state index >= 15 is 0 Å². The molecule has 1 aliphatic rings. The van der Waals surface area contributed by atoms with E-state index in [-0.39, 0.29) is 22.9 Å². The lowest BCUT2D eigenvalue weighted by atomic mass is 10.2. The Morgan fingerprint density at radius 2 is 1.59 bits per heavy atom. The SMILES string of the molecule is C[C@@H]1CN(c2nc3ccccc3nc2NS(=O)(=O)c2ccc(Br)cc2)C[C@@H](C)O1. The molecular weight excluding hydrogens is 456 g/mol. The van der Waals surface area contributed by atoms with Crippen LogP contribution in [0.15, 0.2) is 57.9 Å². The predicted octanol–water partition coefficient (Wildman–Crippen LogP) is 3.81. The molecule has 9 heteroatoms. The molecule has 0 bridgehead atoms. The number of morpholine rings is 1. The summed E-state index contributed by atoms with van der Waals surface area (Å²) >= 11 is 3.32. The summed E-state index contributed by atoms with van der Waals surface area (Å²) in [4.78, 5) is 11.5. The van der Waals surface area contributed by atoms with Gasteiger partial charge in [0.1, 0.15) is 0 Å². The first-order valence-corrected chi connectivity index (χ1v) is 11.5. The van der Waals surface area contributed by atoms with E-state index in [9.17, 15) is 8.42 Å². The number of hydrogen-bond donors (Lipinski definition) is 1. The first-order chi connectivity index (χ1) is 13.8. The highest BCUT2D eigenvalue weighted by molar-refractivity contribution is 9.10. The van der Waals surface area contributed by atoms with Gasteiger partial charge < -0.3 is 9.64 Å². The summed E-state index contributed by atoms with van der Waals surface area (Å²) in [5.74, 6) is 0.722. The fourth-order valence-corrected chi connectivity index (χ4v) is 4.70. The molecule has 0 radical (unpaired) electrons. The van der Waals surface area contributed by atoms with Gasteiger partial charge in [-0.2, -0.15) is 0 Å². The number of nitrogens with one attached hydrogen (secondary N) is 1. The molecule has 0 aliphatic carbocycles. The lowest BCUT2D eigenvalue weighted by Crippen LogP contribution is -2.46. The van der Waals surface area contributed by atoms with Gasteiger partial charge in [0.05, 0.1) is 28.1 Å². The number of benzene rings is 2. The zero-order valence-electron chi connectivity index (χ0n) is 16.0. The second-order valence-corrected chi connectivity index (χ2v) is 9.70. The van der Waals surface area contributed by atoms with Crippen LogP contribution >= 0.6 is 15.9 Å². The van der Waals surface area contributed by atoms with Crippen molar-refractivity contribution in [2.75, 3.05) is 22.7 Å². The van der Waals surface area contributed by atoms with Gasteiger partial charge in [0.25, 0.3) is 10.0 Å². The highest BCUT2D eigenvalue weighted by atomic mass is 79.9. The van der Waals surface area contributed by atoms with Crippen molar-refractivity contribution in [3.63, 3.8) is 0 Å². The molecular formula is C20H21BrN4O3S. The van der Waals surface area contributed by atoms with Gasteiger partial charge in [-0.15, -0.1) is 0 Å². The Labute approximate surface area is 178 Å². The van der Waals surface area contributed by atoms with E-state index in [1.807, 2.05) is 43.0 Å². The number of hydrogen-bond acceptors (Lipinski definition) is 6. The van der Waals surface area contributed by atoms with E-state index in [1.54, 1.807) is 24.3 Å². The Hall–Kier alpha value is -2.23. The van der Waals surface area contributed by atoms with Gasteiger partial charge in [0.2, 0.25) is 0 Å². The Balaban J connectivity index is 1.78. The number of ether oxygens (including phenoxy) is 1. The van der Waals surface area contributed by atoms with Crippen LogP contribution in [0.25, 0.3) is 11.0 Å². The molecule has 0 amide bonds. The summed E-state index contributed by atoms with van der Waals surface area (Å²) in [7, 11) is -3.82. The third kappa shape index (κ3) is 4.36. The van der Waals surface area contributed by atoms with Gasteiger partial charge in [-0.1, -0.05) is 28.1 Å². The van der Waals surface area contributed by atoms with Crippen molar-refractivity contribution < 1.29 is 13.2 Å². The lowest BCUT2D eigenvalue weighted by molar-refractivity contribution is -0.00540. The van der Waals surface area contributed by atoms with E-state index in [1.165, 1.54) is 0 Å². The van der Waals surface area contributed by atoms with Crippen molar-refractivity contribution in [2.24, 2.45) is 0 Å². The molecule has 0 unspecified atom stereocenters. The number of para-hydroxylation sites is 2. The maximum atomic E-state index is 13.0. The number of anilines is 2. The summed E-state index contributed by atoms with van der Waals surface area (Å²) in [6, 6.07) is 13.9. The van der Waals surface area contributed by atoms with Crippen LogP contribution < -0.4 is 9.62 Å². The maximum absolute atomic E-state index is 13.0. The standard InChI is InChI=1S/C20H21BrN4O3S/c1-13-11-25(12-14(2)28-13)20-19(22-17-5-3-4-6-18(17)23-20)24-29(26,27)16-9-7-15(21)8-10-16/h3-10,13-14H,11-12H2,1-2H3,(H,22,24)/t13-,14-/m1/s1. The van der Waals surface area contributed by atoms with Crippen LogP contribution in [0.1, 0.15) is 13.8 Å². The van der Waals surface area contributed by atoms with Crippen LogP contribution in [0.5, 0.6) is 0 Å². The lowest BCUT2D eigenvalue weighted by Gasteiger charge is -2.36. The molecule has 3 aromatic rings. The molecule has 1 saturated heterocycles. The van der Waals surface area contributed by atoms with Crippen molar-refractivity contribution in [1.29, 1.82) is 0 Å². The largest absolute Gasteiger partial charge is 0.372 e. The van der Waals surface area contributed by atoms with Crippen LogP contribution in [-0.4, -0.2) is 43.7 Å². The Kier molecular flexibility index (Phi) is 5.46. The van der Waals surface area contributed by atoms with Crippen molar-refractivity contribution >= 4 is 48.6 Å². The Morgan fingerprint density at radius 3 is 2.21 bits per heavy atom. The van der Waals surface area contributed by atoms with E-state index in [2.05, 4.69) is 25.6 Å². The molecule has 152 valence electrons. The number of rotatable bonds is 4. The van der Waals surface area contributed by atoms with Crippen LogP contribution in [0, 0.1) is 0 Å². The Morgan fingerprint density at radius 1 is 1.00 bits per heavy atom. The highest BCUT2D eigenvalue weighted by Crippen LogP contribution is 2.29. The van der Waals surface area contributed by atoms with Crippen molar-refractivity contribution in [3.8, 4) is 0 Å². The number of halogens is 1. The van der Waals surface area contributed by atoms with E-state index in [0.717, 1.165) is 4.47 Å². The van der Waals surface area contributed by atoms with Crippen molar-refractivity contribution in [2.45, 2.75) is 31.0 Å². The van der Waals surface area contributed by atoms with E-state index in [4.69, 9.17) is 9.72 Å². The molecule has 29 heavy (non-hydrogen) atoms. The van der Waals surface area contributed by atoms with Gasteiger partial charge in [-0.3, -0.25) is 4.72 Å². The number of sulfonamides is 1. The topological polar surface area (TPSA) is 84.4 Å². The molecule has 0 saturated carbocycles. The van der Waals surface area contributed by atoms with Crippen molar-refractivity contribution in [1.82, 2.24) is 9.97 Å². The van der Waals surface area contributed by atoms with Gasteiger partial charge in [0, 0.05) is 17.6 Å². The fourth-order valence-electron chi connectivity index (χ4n) is 3.43. The number of nitrogens with zero attached hydrogens (tertiary/aromatic N) is 3. The molecule has 1 N–H and O–H groups in total. The van der Waals surface area contributed by atoms with Crippen LogP contribution in [0.3, 0.4) is 0 Å². The summed E-state index contributed by atoms with van der Waals surface area (Å²) in [5.41, 5.74) is 1.33. The Bertz CT molecular complexity index is 1130. The van der Waals surface area contributed by atoms with Crippen molar-refractivity contribution in [3.05, 3.63) is 53.0 Å². The fraction of sp³-hybridized carbons (Fsp3) is 0.300. The van der Waals surface area contributed by atoms with E-state index < -0.39 is 10.0 Å². The first-order valence-electron chi connectivity index (χ1n) is 9.27. The van der Waals surface area contributed by atoms with Crippen LogP contribution in [0.4, 0.5) is 11.6 Å². The minimum Gasteiger partial charge on any atom is -0.372 e. The predicted molar refractivity (Wildman–Crippen MR) is 117 cm³/mol. The average Bonchev–Trinajstić information content (AvgIpc) is 2.66. The van der Waals surface area contributed by atoms with Gasteiger partial charge in [-0.25, -0.2) is 18.4 Å². The summed E-state index contributed by atoms with van der Waals surface area (Å²) in [6.45, 7) is 5.18. The third-order valence-corrected chi connectivity index (χ3v) is 6.51. The zero-order valence-corrected chi connectivity index (χ0v) is 18.4. The monoisotopic (exact) mass is 476 g/mol. The normalized spacial score (nSPS) is 20.0. The van der Waals surface area contributed by atoms with Gasteiger partial charge in [0.15, 0.2) is 11.6 Å². The zero-order chi connectivity index (χ0) is 20.6. The smallest absolute Gasteiger partial charge is 0.263 e. The molecule has 7 nitrogen and oxygen atoms in total. The average molecular weight is 477 g/mol. The maximum Gasteiger partial charge on any atom is 0.263 e. The first kappa shape index (κ1) is 20.1. The molecule has 0 spiro atoms. The van der Waals surface area contributed by atoms with E-state index in [0.29, 0.717) is 29.9 Å². The van der Waals surface area contributed by atoms with Crippen LogP contribution in [0.2, 0.25) is 0 Å². The molecule has 2 atom stereocenters. The molecule has 2 aromatic carbocycles. The molecule has 1 aromatic heterocycles. The minimum atomic E-state index is -3.82. The summed E-state index contributed by atoms with van der Waals surface area (Å²) < 4.78 is 35.2. The molecule has 2 heterocycles. The second kappa shape index (κ2) is 7.89. The third-order valence-electron chi connectivity index (χ3n) is 4.63. The second-order valence-electron chi connectivity index (χ2n) is 7.11. The molecule has 1 fully saturated rings. The highest BCUT2D eigenvalue weighted by Gasteiger charge is 2.28. The van der Waals surface area contributed by atoms with Gasteiger partial charge >= 0.3 is 0 Å². The molecule has 1 aliphatic heterocycles. The summed E-state index contributed by atoms with van der Waals surface area (Å²) in [6.07, 6.45) is 0.00546. The molecule has 4 rings (SSSR count). The number of fused-ring (bicyclic) bond motifs is 1.